The number of carbonyl (C=O) groups excluding carboxylic acids is 1. The number of ether oxygens (including phenoxy) is 3. The van der Waals surface area contributed by atoms with Crippen LogP contribution in [0.4, 0.5) is 19.0 Å². The van der Waals surface area contributed by atoms with E-state index in [4.69, 9.17) is 19.2 Å². The van der Waals surface area contributed by atoms with E-state index in [-0.39, 0.29) is 6.42 Å². The molecule has 0 radical (unpaired) electrons. The fourth-order valence-corrected chi connectivity index (χ4v) is 6.17. The molecular formula is C28H36F3N3O4. The number of alkyl halides is 3. The fraction of sp³-hybridized carbons (Fsp3) is 0.643. The number of methoxy groups -OCH3 is 1. The van der Waals surface area contributed by atoms with Crippen LogP contribution in [-0.4, -0.2) is 68.5 Å². The van der Waals surface area contributed by atoms with Gasteiger partial charge in [-0.3, -0.25) is 0 Å². The Kier molecular flexibility index (Phi) is 7.88. The first-order valence-electron chi connectivity index (χ1n) is 13.7. The lowest BCUT2D eigenvalue weighted by molar-refractivity contribution is -0.205. The Morgan fingerprint density at radius 3 is 2.53 bits per heavy atom. The van der Waals surface area contributed by atoms with Crippen molar-refractivity contribution >= 4 is 22.7 Å². The average Bonchev–Trinajstić information content (AvgIpc) is 3.67. The summed E-state index contributed by atoms with van der Waals surface area (Å²) in [4.78, 5) is 21.4. The van der Waals surface area contributed by atoms with Gasteiger partial charge < -0.3 is 24.0 Å². The van der Waals surface area contributed by atoms with E-state index >= 15 is 0 Å². The third-order valence-electron chi connectivity index (χ3n) is 8.13. The lowest BCUT2D eigenvalue weighted by atomic mass is 10.0. The van der Waals surface area contributed by atoms with Crippen molar-refractivity contribution < 1.29 is 32.2 Å². The molecule has 2 aromatic rings. The maximum atomic E-state index is 13.1. The second-order valence-corrected chi connectivity index (χ2v) is 10.6. The van der Waals surface area contributed by atoms with Crippen molar-refractivity contribution in [1.29, 1.82) is 0 Å². The van der Waals surface area contributed by atoms with Gasteiger partial charge in [0.2, 0.25) is 0 Å². The van der Waals surface area contributed by atoms with Crippen LogP contribution in [0.25, 0.3) is 10.9 Å². The second-order valence-electron chi connectivity index (χ2n) is 10.6. The Hall–Kier alpha value is -2.75. The highest BCUT2D eigenvalue weighted by Crippen LogP contribution is 2.46. The number of likely N-dealkylation sites (tertiary alicyclic amines) is 1. The van der Waals surface area contributed by atoms with Gasteiger partial charge in [-0.15, -0.1) is 0 Å². The number of nitrogens with zero attached hydrogens (tertiary/aromatic N) is 3. The predicted octanol–water partition coefficient (Wildman–Crippen LogP) is 5.58. The number of halogens is 3. The van der Waals surface area contributed by atoms with Crippen molar-refractivity contribution in [3.05, 3.63) is 23.3 Å². The van der Waals surface area contributed by atoms with Gasteiger partial charge in [-0.25, -0.2) is 9.78 Å². The van der Waals surface area contributed by atoms with E-state index in [1.807, 2.05) is 7.05 Å². The summed E-state index contributed by atoms with van der Waals surface area (Å²) in [6.45, 7) is 3.76. The monoisotopic (exact) mass is 535 g/mol. The fourth-order valence-electron chi connectivity index (χ4n) is 6.17. The van der Waals surface area contributed by atoms with Crippen LogP contribution in [0.15, 0.2) is 12.1 Å². The molecule has 1 aliphatic heterocycles. The van der Waals surface area contributed by atoms with E-state index in [9.17, 15) is 18.0 Å². The van der Waals surface area contributed by atoms with Gasteiger partial charge in [0.25, 0.3) is 0 Å². The molecule has 0 bridgehead atoms. The molecular weight excluding hydrogens is 499 g/mol. The molecule has 2 heterocycles. The van der Waals surface area contributed by atoms with Crippen LogP contribution in [0.1, 0.15) is 68.6 Å². The largest absolute Gasteiger partial charge is 0.493 e. The number of fused-ring (bicyclic) bond motifs is 3. The minimum atomic E-state index is -5.05. The van der Waals surface area contributed by atoms with Crippen molar-refractivity contribution in [2.45, 2.75) is 76.1 Å². The maximum Gasteiger partial charge on any atom is 0.490 e. The molecule has 1 aromatic carbocycles. The molecule has 1 saturated carbocycles. The smallest absolute Gasteiger partial charge is 0.490 e. The van der Waals surface area contributed by atoms with Crippen molar-refractivity contribution in [3.8, 4) is 11.5 Å². The van der Waals surface area contributed by atoms with Gasteiger partial charge in [0.05, 0.1) is 19.2 Å². The summed E-state index contributed by atoms with van der Waals surface area (Å²) in [7, 11) is 3.54. The normalized spacial score (nSPS) is 20.2. The maximum absolute atomic E-state index is 13.1. The van der Waals surface area contributed by atoms with Gasteiger partial charge in [0, 0.05) is 42.2 Å². The van der Waals surface area contributed by atoms with Gasteiger partial charge in [0.1, 0.15) is 11.9 Å². The first-order chi connectivity index (χ1) is 18.3. The average molecular weight is 536 g/mol. The molecule has 7 nitrogen and oxygen atoms in total. The third kappa shape index (κ3) is 5.51. The van der Waals surface area contributed by atoms with E-state index in [0.29, 0.717) is 47.0 Å². The molecule has 1 atom stereocenters. The summed E-state index contributed by atoms with van der Waals surface area (Å²) in [5.74, 6) is -0.399. The van der Waals surface area contributed by atoms with Gasteiger partial charge in [-0.2, -0.15) is 13.2 Å². The highest BCUT2D eigenvalue weighted by atomic mass is 19.4. The Balaban J connectivity index is 1.49. The lowest BCUT2D eigenvalue weighted by Gasteiger charge is -2.28. The zero-order valence-corrected chi connectivity index (χ0v) is 22.1. The Morgan fingerprint density at radius 1 is 1.11 bits per heavy atom. The standard InChI is InChI=1S/C28H36F3N3O4/c1-33(18-8-3-4-9-18)26-19-10-11-22(38-27(35)28(29,30)31)25(19)20-16-23(36-2)24(17-21(20)32-26)37-15-7-14-34-12-5-6-13-34/h16-18,22H,3-15H2,1-2H3. The minimum Gasteiger partial charge on any atom is -0.493 e. The van der Waals surface area contributed by atoms with Crippen LogP contribution >= 0.6 is 0 Å². The number of carbonyl (C=O) groups is 1. The summed E-state index contributed by atoms with van der Waals surface area (Å²) < 4.78 is 56.0. The van der Waals surface area contributed by atoms with Gasteiger partial charge >= 0.3 is 12.1 Å². The summed E-state index contributed by atoms with van der Waals surface area (Å²) in [5.41, 5.74) is 2.02. The highest BCUT2D eigenvalue weighted by molar-refractivity contribution is 5.90. The third-order valence-corrected chi connectivity index (χ3v) is 8.13. The molecule has 0 amide bonds. The Morgan fingerprint density at radius 2 is 1.84 bits per heavy atom. The van der Waals surface area contributed by atoms with Crippen LogP contribution in [-0.2, 0) is 16.0 Å². The molecule has 1 saturated heterocycles. The van der Waals surface area contributed by atoms with Crippen LogP contribution in [0.5, 0.6) is 11.5 Å². The molecule has 1 unspecified atom stereocenters. The van der Waals surface area contributed by atoms with E-state index in [0.717, 1.165) is 63.1 Å². The number of pyridine rings is 1. The van der Waals surface area contributed by atoms with Crippen molar-refractivity contribution in [2.75, 3.05) is 45.3 Å². The molecule has 2 aliphatic carbocycles. The van der Waals surface area contributed by atoms with Crippen LogP contribution < -0.4 is 14.4 Å². The van der Waals surface area contributed by atoms with Gasteiger partial charge in [0.15, 0.2) is 11.5 Å². The van der Waals surface area contributed by atoms with Crippen molar-refractivity contribution in [1.82, 2.24) is 9.88 Å². The minimum absolute atomic E-state index is 0.278. The van der Waals surface area contributed by atoms with Crippen molar-refractivity contribution in [2.24, 2.45) is 0 Å². The zero-order chi connectivity index (χ0) is 26.9. The summed E-state index contributed by atoms with van der Waals surface area (Å²) >= 11 is 0. The SMILES string of the molecule is COc1cc2c3c(c(N(C)C4CCCC4)nc2cc1OCCCN1CCCC1)CCC3OC(=O)C(F)(F)F. The van der Waals surface area contributed by atoms with E-state index < -0.39 is 18.2 Å². The Bertz CT molecular complexity index is 1160. The number of hydrogen-bond donors (Lipinski definition) is 0. The molecule has 0 spiro atoms. The topological polar surface area (TPSA) is 64.1 Å². The number of aromatic nitrogens is 1. The molecule has 10 heteroatoms. The van der Waals surface area contributed by atoms with E-state index in [1.54, 1.807) is 12.1 Å². The zero-order valence-electron chi connectivity index (χ0n) is 22.1. The molecule has 2 fully saturated rings. The van der Waals surface area contributed by atoms with Crippen LogP contribution in [0.3, 0.4) is 0 Å². The second kappa shape index (κ2) is 11.2. The summed E-state index contributed by atoms with van der Waals surface area (Å²) in [6, 6.07) is 3.88. The molecule has 38 heavy (non-hydrogen) atoms. The quantitative estimate of drug-likeness (QED) is 0.307. The number of rotatable bonds is 9. The molecule has 5 rings (SSSR count). The number of esters is 1. The van der Waals surface area contributed by atoms with Crippen molar-refractivity contribution in [3.63, 3.8) is 0 Å². The summed E-state index contributed by atoms with van der Waals surface area (Å²) in [6.07, 6.45) is 2.45. The summed E-state index contributed by atoms with van der Waals surface area (Å²) in [5, 5.41) is 0.627. The molecule has 1 aromatic heterocycles. The highest BCUT2D eigenvalue weighted by Gasteiger charge is 2.44. The first-order valence-corrected chi connectivity index (χ1v) is 13.7. The van der Waals surface area contributed by atoms with E-state index in [1.165, 1.54) is 20.0 Å². The number of benzene rings is 1. The first kappa shape index (κ1) is 26.8. The van der Waals surface area contributed by atoms with Crippen LogP contribution in [0, 0.1) is 0 Å². The van der Waals surface area contributed by atoms with Gasteiger partial charge in [-0.05, 0) is 64.1 Å². The molecule has 3 aliphatic rings. The molecule has 0 N–H and O–H groups in total. The Labute approximate surface area is 221 Å². The number of hydrogen-bond acceptors (Lipinski definition) is 7. The predicted molar refractivity (Wildman–Crippen MR) is 138 cm³/mol. The van der Waals surface area contributed by atoms with Crippen LogP contribution in [0.2, 0.25) is 0 Å². The lowest BCUT2D eigenvalue weighted by Crippen LogP contribution is -2.30. The molecule has 208 valence electrons. The van der Waals surface area contributed by atoms with Gasteiger partial charge in [-0.1, -0.05) is 12.8 Å². The number of anilines is 1. The van der Waals surface area contributed by atoms with E-state index in [2.05, 4.69) is 9.80 Å².